The Labute approximate surface area is 125 Å². The molecule has 2 heterocycles. The van der Waals surface area contributed by atoms with Crippen molar-refractivity contribution in [3.05, 3.63) is 58.8 Å². The van der Waals surface area contributed by atoms with Gasteiger partial charge < -0.3 is 5.73 Å². The monoisotopic (exact) mass is 303 g/mol. The first-order valence-electron chi connectivity index (χ1n) is 5.92. The molecule has 0 spiro atoms. The van der Waals surface area contributed by atoms with Crippen LogP contribution in [0.15, 0.2) is 58.1 Å². The van der Waals surface area contributed by atoms with E-state index in [2.05, 4.69) is 47.2 Å². The van der Waals surface area contributed by atoms with Gasteiger partial charge in [0.05, 0.1) is 15.4 Å². The maximum Gasteiger partial charge on any atom is 0.0683 e. The summed E-state index contributed by atoms with van der Waals surface area (Å²) in [6, 6.07) is 14.7. The van der Waals surface area contributed by atoms with Crippen LogP contribution in [0.1, 0.15) is 5.56 Å². The third-order valence-corrected chi connectivity index (χ3v) is 6.04. The Balaban J connectivity index is 1.80. The largest absolute Gasteiger partial charge is 0.398 e. The first kappa shape index (κ1) is 12.8. The predicted molar refractivity (Wildman–Crippen MR) is 88.0 cm³/mol. The minimum absolute atomic E-state index is 0.883. The average Bonchev–Trinajstić information content (AvgIpc) is 3.05. The normalized spacial score (nSPS) is 10.7. The number of rotatable bonds is 4. The molecule has 0 aliphatic heterocycles. The van der Waals surface area contributed by atoms with Gasteiger partial charge in [0.2, 0.25) is 0 Å². The third-order valence-electron chi connectivity index (χ3n) is 2.77. The lowest BCUT2D eigenvalue weighted by atomic mass is 10.2. The fourth-order valence-electron chi connectivity index (χ4n) is 1.82. The van der Waals surface area contributed by atoms with E-state index in [9.17, 15) is 0 Å². The van der Waals surface area contributed by atoms with Crippen LogP contribution in [0, 0.1) is 0 Å². The van der Waals surface area contributed by atoms with Crippen molar-refractivity contribution in [2.45, 2.75) is 10.6 Å². The summed E-state index contributed by atoms with van der Waals surface area (Å²) in [5, 5.41) is 4.19. The van der Waals surface area contributed by atoms with Gasteiger partial charge in [0.25, 0.3) is 0 Å². The summed E-state index contributed by atoms with van der Waals surface area (Å²) in [6.45, 7) is 0. The lowest BCUT2D eigenvalue weighted by molar-refractivity contribution is 1.40. The number of hydrogen-bond acceptors (Lipinski definition) is 4. The average molecular weight is 303 g/mol. The van der Waals surface area contributed by atoms with Gasteiger partial charge in [0.1, 0.15) is 0 Å². The molecule has 3 rings (SSSR count). The van der Waals surface area contributed by atoms with E-state index in [1.54, 1.807) is 22.7 Å². The van der Waals surface area contributed by atoms with Gasteiger partial charge in [-0.2, -0.15) is 0 Å². The topological polar surface area (TPSA) is 26.0 Å². The highest BCUT2D eigenvalue weighted by atomic mass is 32.2. The zero-order chi connectivity index (χ0) is 13.1. The Hall–Kier alpha value is -1.23. The highest BCUT2D eigenvalue weighted by Gasteiger charge is 2.11. The van der Waals surface area contributed by atoms with E-state index >= 15 is 0 Å². The molecule has 0 bridgehead atoms. The summed E-state index contributed by atoms with van der Waals surface area (Å²) in [4.78, 5) is 3.82. The van der Waals surface area contributed by atoms with Crippen LogP contribution in [-0.4, -0.2) is 0 Å². The van der Waals surface area contributed by atoms with Crippen molar-refractivity contribution in [3.8, 4) is 9.75 Å². The van der Waals surface area contributed by atoms with E-state index in [-0.39, 0.29) is 0 Å². The van der Waals surface area contributed by atoms with E-state index in [4.69, 9.17) is 5.73 Å². The molecule has 0 saturated heterocycles. The molecule has 4 heteroatoms. The molecule has 0 unspecified atom stereocenters. The molecule has 2 aromatic heterocycles. The number of thioether (sulfide) groups is 1. The van der Waals surface area contributed by atoms with Crippen molar-refractivity contribution >= 4 is 40.1 Å². The summed E-state index contributed by atoms with van der Waals surface area (Å²) in [7, 11) is 0. The van der Waals surface area contributed by atoms with Crippen molar-refractivity contribution in [1.82, 2.24) is 0 Å². The first-order valence-corrected chi connectivity index (χ1v) is 8.66. The molecule has 96 valence electrons. The van der Waals surface area contributed by atoms with Gasteiger partial charge in [-0.05, 0) is 28.5 Å². The van der Waals surface area contributed by atoms with Crippen LogP contribution in [0.4, 0.5) is 5.69 Å². The molecule has 0 amide bonds. The summed E-state index contributed by atoms with van der Waals surface area (Å²) in [5.74, 6) is 0.996. The molecule has 1 nitrogen and oxygen atoms in total. The van der Waals surface area contributed by atoms with Gasteiger partial charge in [-0.1, -0.05) is 30.3 Å². The minimum Gasteiger partial charge on any atom is -0.398 e. The number of nitrogens with two attached hydrogens (primary N) is 1. The fraction of sp³-hybridized carbons (Fsp3) is 0.0667. The van der Waals surface area contributed by atoms with Crippen LogP contribution in [0.5, 0.6) is 0 Å². The molecular weight excluding hydrogens is 290 g/mol. The van der Waals surface area contributed by atoms with Crippen LogP contribution in [0.2, 0.25) is 0 Å². The maximum atomic E-state index is 6.02. The minimum atomic E-state index is 0.883. The third kappa shape index (κ3) is 2.86. The molecule has 0 saturated carbocycles. The van der Waals surface area contributed by atoms with Gasteiger partial charge in [-0.15, -0.1) is 34.4 Å². The number of hydrogen-bond donors (Lipinski definition) is 1. The van der Waals surface area contributed by atoms with Crippen LogP contribution in [-0.2, 0) is 5.75 Å². The van der Waals surface area contributed by atoms with Gasteiger partial charge >= 0.3 is 0 Å². The van der Waals surface area contributed by atoms with Crippen molar-refractivity contribution in [1.29, 1.82) is 0 Å². The second-order valence-electron chi connectivity index (χ2n) is 4.09. The molecule has 0 atom stereocenters. The second-order valence-corrected chi connectivity index (χ2v) is 6.94. The molecule has 0 radical (unpaired) electrons. The summed E-state index contributed by atoms with van der Waals surface area (Å²) in [6.07, 6.45) is 0. The summed E-state index contributed by atoms with van der Waals surface area (Å²) in [5.41, 5.74) is 8.25. The maximum absolute atomic E-state index is 6.02. The quantitative estimate of drug-likeness (QED) is 0.657. The van der Waals surface area contributed by atoms with E-state index < -0.39 is 0 Å². The van der Waals surface area contributed by atoms with E-state index in [1.165, 1.54) is 20.2 Å². The van der Waals surface area contributed by atoms with E-state index in [1.807, 2.05) is 17.8 Å². The van der Waals surface area contributed by atoms with E-state index in [0.717, 1.165) is 11.4 Å². The Kier molecular flexibility index (Phi) is 3.92. The Morgan fingerprint density at radius 1 is 0.895 bits per heavy atom. The highest BCUT2D eigenvalue weighted by molar-refractivity contribution is 7.98. The van der Waals surface area contributed by atoms with Gasteiger partial charge in [0, 0.05) is 10.6 Å². The summed E-state index contributed by atoms with van der Waals surface area (Å²) < 4.78 is 0. The lowest BCUT2D eigenvalue weighted by Gasteiger charge is -2.03. The van der Waals surface area contributed by atoms with Crippen LogP contribution < -0.4 is 5.73 Å². The Morgan fingerprint density at radius 3 is 2.37 bits per heavy atom. The van der Waals surface area contributed by atoms with Crippen molar-refractivity contribution in [3.63, 3.8) is 0 Å². The first-order chi connectivity index (χ1) is 9.34. The van der Waals surface area contributed by atoms with Gasteiger partial charge in [-0.25, -0.2) is 0 Å². The zero-order valence-electron chi connectivity index (χ0n) is 10.2. The van der Waals surface area contributed by atoms with Crippen molar-refractivity contribution in [2.24, 2.45) is 0 Å². The Morgan fingerprint density at radius 2 is 1.63 bits per heavy atom. The van der Waals surface area contributed by atoms with Gasteiger partial charge in [-0.3, -0.25) is 0 Å². The molecular formula is C15H13NS3. The zero-order valence-corrected chi connectivity index (χ0v) is 12.7. The van der Waals surface area contributed by atoms with Crippen molar-refractivity contribution in [2.75, 3.05) is 5.73 Å². The highest BCUT2D eigenvalue weighted by Crippen LogP contribution is 2.42. The molecule has 2 N–H and O–H groups in total. The number of nitrogen functional groups attached to an aromatic ring is 1. The van der Waals surface area contributed by atoms with Crippen LogP contribution in [0.25, 0.3) is 9.75 Å². The molecule has 3 aromatic rings. The second kappa shape index (κ2) is 5.82. The molecule has 0 fully saturated rings. The standard InChI is InChI=1S/C15H13NS3/c16-12-6-8-17-14(12)15-13(7-9-18-15)19-10-11-4-2-1-3-5-11/h1-9H,10,16H2. The van der Waals surface area contributed by atoms with E-state index in [0.29, 0.717) is 0 Å². The summed E-state index contributed by atoms with van der Waals surface area (Å²) >= 11 is 5.36. The predicted octanol–water partition coefficient (Wildman–Crippen LogP) is 5.35. The fourth-order valence-corrected chi connectivity index (χ4v) is 5.01. The smallest absolute Gasteiger partial charge is 0.0683 e. The van der Waals surface area contributed by atoms with Gasteiger partial charge in [0.15, 0.2) is 0 Å². The molecule has 0 aliphatic carbocycles. The van der Waals surface area contributed by atoms with Crippen LogP contribution >= 0.6 is 34.4 Å². The number of anilines is 1. The number of benzene rings is 1. The Bertz CT molecular complexity index is 655. The SMILES string of the molecule is Nc1ccsc1-c1sccc1SCc1ccccc1. The number of thiophene rings is 2. The molecule has 19 heavy (non-hydrogen) atoms. The van der Waals surface area contributed by atoms with Crippen LogP contribution in [0.3, 0.4) is 0 Å². The lowest BCUT2D eigenvalue weighted by Crippen LogP contribution is -1.83. The molecule has 0 aliphatic rings. The molecule has 1 aromatic carbocycles. The van der Waals surface area contributed by atoms with Crippen molar-refractivity contribution < 1.29 is 0 Å².